The molecular formula is C8H16N3O5+. The van der Waals surface area contributed by atoms with Crippen LogP contribution >= 0.6 is 0 Å². The van der Waals surface area contributed by atoms with Crippen molar-refractivity contribution in [2.45, 2.75) is 12.1 Å². The number of carbonyl (C=O) groups excluding carboxylic acids is 2. The van der Waals surface area contributed by atoms with Gasteiger partial charge in [0.05, 0.1) is 20.8 Å². The summed E-state index contributed by atoms with van der Waals surface area (Å²) in [7, 11) is 2.40. The van der Waals surface area contributed by atoms with Gasteiger partial charge in [-0.15, -0.1) is 0 Å². The van der Waals surface area contributed by atoms with Gasteiger partial charge in [-0.3, -0.25) is 0 Å². The third-order valence-electron chi connectivity index (χ3n) is 2.37. The lowest BCUT2D eigenvalue weighted by atomic mass is 10.1. The summed E-state index contributed by atoms with van der Waals surface area (Å²) in [6.45, 7) is 0.0544. The molecule has 0 radical (unpaired) electrons. The first-order valence-corrected chi connectivity index (χ1v) is 4.73. The number of quaternary nitrogens is 1. The van der Waals surface area contributed by atoms with Crippen LogP contribution in [0.15, 0.2) is 0 Å². The smallest absolute Gasteiger partial charge is 0.428 e. The number of aliphatic hydroxyl groups excluding tert-OH is 1. The molecule has 1 rings (SSSR count). The lowest BCUT2D eigenvalue weighted by Crippen LogP contribution is -2.77. The third kappa shape index (κ3) is 2.34. The molecule has 1 aliphatic heterocycles. The first kappa shape index (κ1) is 12.5. The van der Waals surface area contributed by atoms with Gasteiger partial charge in [0.25, 0.3) is 0 Å². The Kier molecular flexibility index (Phi) is 3.91. The largest absolute Gasteiger partial charge is 0.452 e. The van der Waals surface area contributed by atoms with E-state index >= 15 is 0 Å². The van der Waals surface area contributed by atoms with E-state index in [0.717, 1.165) is 10.0 Å². The molecule has 0 aromatic heterocycles. The summed E-state index contributed by atoms with van der Waals surface area (Å²) in [5.41, 5.74) is 3.69. The van der Waals surface area contributed by atoms with Crippen molar-refractivity contribution in [2.75, 3.05) is 27.3 Å². The van der Waals surface area contributed by atoms with E-state index in [2.05, 4.69) is 15.2 Å². The highest BCUT2D eigenvalue weighted by Crippen LogP contribution is 2.12. The predicted molar refractivity (Wildman–Crippen MR) is 50.9 cm³/mol. The van der Waals surface area contributed by atoms with Crippen LogP contribution in [0.5, 0.6) is 0 Å². The van der Waals surface area contributed by atoms with E-state index in [9.17, 15) is 14.7 Å². The van der Waals surface area contributed by atoms with Crippen molar-refractivity contribution >= 4 is 12.2 Å². The maximum Gasteiger partial charge on any atom is 0.428 e. The van der Waals surface area contributed by atoms with E-state index in [1.165, 1.54) is 14.2 Å². The van der Waals surface area contributed by atoms with E-state index < -0.39 is 18.3 Å². The zero-order chi connectivity index (χ0) is 12.3. The maximum atomic E-state index is 11.4. The van der Waals surface area contributed by atoms with Gasteiger partial charge >= 0.3 is 12.2 Å². The van der Waals surface area contributed by atoms with Gasteiger partial charge < -0.3 is 20.3 Å². The molecule has 0 bridgehead atoms. The van der Waals surface area contributed by atoms with Crippen molar-refractivity contribution in [3.05, 3.63) is 0 Å². The molecule has 1 heterocycles. The first-order chi connectivity index (χ1) is 7.51. The van der Waals surface area contributed by atoms with Crippen LogP contribution in [0.4, 0.5) is 9.59 Å². The molecule has 8 nitrogen and oxygen atoms in total. The minimum absolute atomic E-state index is 0.0457. The van der Waals surface area contributed by atoms with E-state index in [-0.39, 0.29) is 19.1 Å². The number of nitrogens with zero attached hydrogens (tertiary/aromatic N) is 2. The van der Waals surface area contributed by atoms with Crippen LogP contribution in [-0.4, -0.2) is 66.8 Å². The molecule has 0 aromatic rings. The topological polar surface area (TPSA) is 107 Å². The number of ether oxygens (including phenoxy) is 2. The summed E-state index contributed by atoms with van der Waals surface area (Å²) in [6, 6.07) is -0.375. The normalized spacial score (nSPS) is 25.2. The second-order valence-corrected chi connectivity index (χ2v) is 3.43. The second kappa shape index (κ2) is 4.99. The minimum Gasteiger partial charge on any atom is -0.452 e. The van der Waals surface area contributed by atoms with Crippen LogP contribution in [0.1, 0.15) is 0 Å². The van der Waals surface area contributed by atoms with E-state index in [0.29, 0.717) is 0 Å². The molecule has 0 aliphatic carbocycles. The molecule has 0 aromatic carbocycles. The fourth-order valence-corrected chi connectivity index (χ4v) is 1.42. The maximum absolute atomic E-state index is 11.4. The summed E-state index contributed by atoms with van der Waals surface area (Å²) < 4.78 is 9.03. The Labute approximate surface area is 92.5 Å². The van der Waals surface area contributed by atoms with Crippen LogP contribution in [0.3, 0.4) is 0 Å². The molecule has 0 saturated carbocycles. The van der Waals surface area contributed by atoms with Crippen molar-refractivity contribution in [2.24, 2.45) is 0 Å². The average Bonchev–Trinajstić information content (AvgIpc) is 2.30. The van der Waals surface area contributed by atoms with Gasteiger partial charge in [0.2, 0.25) is 0 Å². The molecule has 0 spiro atoms. The highest BCUT2D eigenvalue weighted by Gasteiger charge is 2.39. The molecule has 1 aliphatic rings. The summed E-state index contributed by atoms with van der Waals surface area (Å²) >= 11 is 0. The Balaban J connectivity index is 2.83. The SMILES string of the molecule is COC(=O)N1C[C@@H](O)[C@@H]([NH3+])CN1C(=O)OC. The molecule has 8 heteroatoms. The van der Waals surface area contributed by atoms with Crippen molar-refractivity contribution in [1.29, 1.82) is 0 Å². The molecule has 92 valence electrons. The quantitative estimate of drug-likeness (QED) is 0.505. The van der Waals surface area contributed by atoms with Crippen molar-refractivity contribution in [1.82, 2.24) is 10.0 Å². The Morgan fingerprint density at radius 1 is 1.19 bits per heavy atom. The van der Waals surface area contributed by atoms with Crippen molar-refractivity contribution in [3.63, 3.8) is 0 Å². The second-order valence-electron chi connectivity index (χ2n) is 3.43. The number of hydrogen-bond donors (Lipinski definition) is 2. The van der Waals surface area contributed by atoms with Gasteiger partial charge in [0, 0.05) is 0 Å². The number of methoxy groups -OCH3 is 2. The summed E-state index contributed by atoms with van der Waals surface area (Å²) in [4.78, 5) is 22.8. The van der Waals surface area contributed by atoms with Crippen LogP contribution < -0.4 is 5.73 Å². The van der Waals surface area contributed by atoms with Crippen LogP contribution in [0, 0.1) is 0 Å². The van der Waals surface area contributed by atoms with Crippen LogP contribution in [0.25, 0.3) is 0 Å². The molecule has 16 heavy (non-hydrogen) atoms. The molecule has 1 saturated heterocycles. The summed E-state index contributed by atoms with van der Waals surface area (Å²) in [5, 5.41) is 11.6. The van der Waals surface area contributed by atoms with Gasteiger partial charge in [-0.1, -0.05) is 0 Å². The average molecular weight is 234 g/mol. The third-order valence-corrected chi connectivity index (χ3v) is 2.37. The van der Waals surface area contributed by atoms with Gasteiger partial charge in [0.15, 0.2) is 0 Å². The molecular weight excluding hydrogens is 218 g/mol. The fourth-order valence-electron chi connectivity index (χ4n) is 1.42. The van der Waals surface area contributed by atoms with Gasteiger partial charge in [-0.25, -0.2) is 19.6 Å². The van der Waals surface area contributed by atoms with Gasteiger partial charge in [0.1, 0.15) is 18.7 Å². The Hall–Kier alpha value is -1.54. The monoisotopic (exact) mass is 234 g/mol. The fraction of sp³-hybridized carbons (Fsp3) is 0.750. The zero-order valence-corrected chi connectivity index (χ0v) is 9.25. The van der Waals surface area contributed by atoms with Gasteiger partial charge in [-0.2, -0.15) is 0 Å². The molecule has 4 N–H and O–H groups in total. The highest BCUT2D eigenvalue weighted by molar-refractivity contribution is 5.74. The molecule has 2 atom stereocenters. The number of hydrazine groups is 1. The minimum atomic E-state index is -0.792. The zero-order valence-electron chi connectivity index (χ0n) is 9.25. The van der Waals surface area contributed by atoms with E-state index in [4.69, 9.17) is 0 Å². The predicted octanol–water partition coefficient (Wildman–Crippen LogP) is -1.98. The number of carbonyl (C=O) groups is 2. The van der Waals surface area contributed by atoms with Crippen molar-refractivity contribution in [3.8, 4) is 0 Å². The van der Waals surface area contributed by atoms with E-state index in [1.807, 2.05) is 0 Å². The molecule has 1 fully saturated rings. The molecule has 2 amide bonds. The number of rotatable bonds is 0. The van der Waals surface area contributed by atoms with Crippen LogP contribution in [0.2, 0.25) is 0 Å². The Bertz CT molecular complexity index is 257. The van der Waals surface area contributed by atoms with Gasteiger partial charge in [-0.05, 0) is 0 Å². The number of β-amino-alcohol motifs (C(OH)–C–C–N with tert-alkyl or cyclic N) is 1. The summed E-state index contributed by atoms with van der Waals surface area (Å²) in [6.07, 6.45) is -2.21. The number of amides is 2. The number of aliphatic hydroxyl groups is 1. The number of hydrogen-bond acceptors (Lipinski definition) is 5. The Morgan fingerprint density at radius 3 is 2.06 bits per heavy atom. The lowest BCUT2D eigenvalue weighted by Gasteiger charge is -2.39. The standard InChI is InChI=1S/C8H15N3O5/c1-15-7(13)10-3-5(9)6(12)4-11(10)8(14)16-2/h5-6,12H,3-4,9H2,1-2H3/p+1/t5-,6+/m0/s1. The molecule has 0 unspecified atom stereocenters. The van der Waals surface area contributed by atoms with Crippen LogP contribution in [-0.2, 0) is 9.47 Å². The van der Waals surface area contributed by atoms with Crippen molar-refractivity contribution < 1.29 is 29.9 Å². The summed E-state index contributed by atoms with van der Waals surface area (Å²) in [5.74, 6) is 0. The lowest BCUT2D eigenvalue weighted by molar-refractivity contribution is -0.448. The van der Waals surface area contributed by atoms with E-state index in [1.54, 1.807) is 0 Å². The Morgan fingerprint density at radius 2 is 1.62 bits per heavy atom. The first-order valence-electron chi connectivity index (χ1n) is 4.73. The highest BCUT2D eigenvalue weighted by atomic mass is 16.6.